The zero-order chi connectivity index (χ0) is 59.2. The van der Waals surface area contributed by atoms with E-state index in [0.717, 1.165) is 23.1 Å². The average molecular weight is 1240 g/mol. The first-order valence-electron chi connectivity index (χ1n) is 26.7. The van der Waals surface area contributed by atoms with Gasteiger partial charge in [0.05, 0.1) is 47.6 Å². The van der Waals surface area contributed by atoms with Gasteiger partial charge >= 0.3 is 0 Å². The van der Waals surface area contributed by atoms with Gasteiger partial charge < -0.3 is 131 Å². The Kier molecular flexibility index (Phi) is 31.9. The van der Waals surface area contributed by atoms with E-state index in [0.29, 0.717) is 70.6 Å². The maximum atomic E-state index is 11.0. The predicted octanol–water partition coefficient (Wildman–Crippen LogP) is -7.04. The van der Waals surface area contributed by atoms with E-state index in [-0.39, 0.29) is 23.3 Å². The number of ether oxygens (including phenoxy) is 8. The van der Waals surface area contributed by atoms with Crippen molar-refractivity contribution in [2.24, 2.45) is 11.8 Å². The molecule has 4 aliphatic rings. The molecule has 0 aromatic rings. The summed E-state index contributed by atoms with van der Waals surface area (Å²) < 4.78 is 45.0. The Balaban J connectivity index is 1.31. The zero-order valence-electron chi connectivity index (χ0n) is 46.0. The lowest BCUT2D eigenvalue weighted by Gasteiger charge is -2.46. The van der Waals surface area contributed by atoms with E-state index in [1.165, 1.54) is 14.2 Å². The van der Waals surface area contributed by atoms with E-state index < -0.39 is 136 Å². The van der Waals surface area contributed by atoms with Crippen LogP contribution in [0.15, 0.2) is 0 Å². The fourth-order valence-corrected chi connectivity index (χ4v) is 10.1. The number of nitrogens with one attached hydrogen (secondary N) is 8. The number of methoxy groups -OCH3 is 2. The molecule has 20 atom stereocenters. The molecule has 80 heavy (non-hydrogen) atoms. The Morgan fingerprint density at radius 2 is 0.675 bits per heavy atom. The Morgan fingerprint density at radius 1 is 0.400 bits per heavy atom. The van der Waals surface area contributed by atoms with Gasteiger partial charge in [0.2, 0.25) is 0 Å². The minimum atomic E-state index is -1.58. The summed E-state index contributed by atoms with van der Waals surface area (Å²) in [6.07, 6.45) is -23.9. The fraction of sp³-hybridized carbons (Fsp3) is 0.894. The molecule has 0 aromatic carbocycles. The molecule has 0 spiro atoms. The number of hydrogen-bond donors (Lipinski definition) is 18. The molecule has 0 bridgehead atoms. The third-order valence-electron chi connectivity index (χ3n) is 14.2. The van der Waals surface area contributed by atoms with Crippen LogP contribution in [0, 0.1) is 11.8 Å². The second-order valence-corrected chi connectivity index (χ2v) is 22.4. The summed E-state index contributed by atoms with van der Waals surface area (Å²) in [6, 6.07) is 0. The highest BCUT2D eigenvalue weighted by Crippen LogP contribution is 2.33. The molecular weight excluding hydrogens is 1150 g/mol. The van der Waals surface area contributed by atoms with Crippen molar-refractivity contribution in [3.05, 3.63) is 0 Å². The molecule has 0 aliphatic carbocycles. The first-order valence-corrected chi connectivity index (χ1v) is 28.7. The van der Waals surface area contributed by atoms with Crippen LogP contribution in [-0.2, 0) is 37.9 Å². The van der Waals surface area contributed by atoms with Gasteiger partial charge in [0.1, 0.15) is 61.0 Å². The minimum absolute atomic E-state index is 0.0792. The van der Waals surface area contributed by atoms with Crippen LogP contribution in [-0.4, -0.2) is 316 Å². The Hall–Kier alpha value is -1.95. The quantitative estimate of drug-likeness (QED) is 0.0297. The Labute approximate surface area is 494 Å². The number of thiocarbonyl (C=S) groups is 5. The van der Waals surface area contributed by atoms with Gasteiger partial charge in [-0.3, -0.25) is 9.80 Å². The lowest BCUT2D eigenvalue weighted by atomic mass is 9.90. The standard InChI is InChI=1S/C47H88N10O18S5/c1-23-27(70-43(35(64)31(23)60)74-39-29(21-58)72-41(68-5)37(66)33(39)62)19-54-46(79)52-11-17-57(16-10-51-45(78)50-9-15-56(13-7-48-25(3)76)14-8-49-26(4)77)18-12-53-47(80)55-20-28-24(2)32(61)36(65)44(71-28)75-40-30(22-59)73-42(69-6)38(67)34(40)63/h23-24,27-44,58-67H,7-22H2,1-6H3,(H,48,76)(H,49,77)(H2,50,51,78)(H2,52,54,79)(H2,53,55,80)/t23?,24?,27?,28?,29?,30?,31-,32-,33+,34+,35?,36?,37?,38?,39?,40?,41-,42-,43+,44+/m0/s1. The van der Waals surface area contributed by atoms with Crippen LogP contribution in [0.1, 0.15) is 27.7 Å². The molecule has 4 aliphatic heterocycles. The van der Waals surface area contributed by atoms with E-state index in [1.54, 1.807) is 13.8 Å². The molecule has 0 saturated carbocycles. The normalized spacial score (nSPS) is 34.5. The number of nitrogens with zero attached hydrogens (tertiary/aromatic N) is 2. The molecule has 0 amide bonds. The van der Waals surface area contributed by atoms with Crippen LogP contribution < -0.4 is 42.5 Å². The van der Waals surface area contributed by atoms with Crippen molar-refractivity contribution in [3.63, 3.8) is 0 Å². The van der Waals surface area contributed by atoms with Crippen molar-refractivity contribution in [2.45, 2.75) is 138 Å². The second kappa shape index (κ2) is 36.1. The lowest BCUT2D eigenvalue weighted by Crippen LogP contribution is -2.64. The van der Waals surface area contributed by atoms with E-state index >= 15 is 0 Å². The van der Waals surface area contributed by atoms with Crippen molar-refractivity contribution >= 4 is 86.4 Å². The molecule has 18 N–H and O–H groups in total. The van der Waals surface area contributed by atoms with Gasteiger partial charge in [-0.05, 0) is 50.5 Å². The topological polar surface area (TPSA) is 379 Å². The third kappa shape index (κ3) is 21.8. The molecule has 4 saturated heterocycles. The number of hydrogen-bond acceptors (Lipinski definition) is 25. The smallest absolute Gasteiger partial charge is 0.186 e. The van der Waals surface area contributed by atoms with Gasteiger partial charge in [-0.15, -0.1) is 0 Å². The lowest BCUT2D eigenvalue weighted by molar-refractivity contribution is -0.351. The van der Waals surface area contributed by atoms with Crippen LogP contribution in [0.25, 0.3) is 0 Å². The van der Waals surface area contributed by atoms with E-state index in [2.05, 4.69) is 52.3 Å². The SMILES string of the molecule is CO[C@H]1OC(CO)C(O[C@H]2OC(CNC(=S)NCCN(CCNC(=S)NCCN(CCNC(C)=S)CCNC(C)=S)CCNC(=S)NCC3O[C@H](OC4C(CO)O[C@H](OC)C(O)[C@H]4O)C(O)[C@@H](O)C3C)C(C)[C@H](O)C2O)[C@H](O)C1O. The fourth-order valence-electron chi connectivity index (χ4n) is 9.31. The summed E-state index contributed by atoms with van der Waals surface area (Å²) in [6.45, 7) is 13.0. The summed E-state index contributed by atoms with van der Waals surface area (Å²) >= 11 is 27.2. The summed E-state index contributed by atoms with van der Waals surface area (Å²) in [7, 11) is 2.53. The number of aliphatic hydroxyl groups is 10. The summed E-state index contributed by atoms with van der Waals surface area (Å²) in [4.78, 5) is 5.86. The molecule has 0 aromatic heterocycles. The first kappa shape index (κ1) is 70.5. The maximum Gasteiger partial charge on any atom is 0.186 e. The highest BCUT2D eigenvalue weighted by molar-refractivity contribution is 7.81. The van der Waals surface area contributed by atoms with Gasteiger partial charge in [0.25, 0.3) is 0 Å². The van der Waals surface area contributed by atoms with E-state index in [4.69, 9.17) is 99.0 Å². The van der Waals surface area contributed by atoms with Crippen LogP contribution in [0.2, 0.25) is 0 Å². The summed E-state index contributed by atoms with van der Waals surface area (Å²) in [5.41, 5.74) is 0. The molecule has 4 heterocycles. The predicted molar refractivity (Wildman–Crippen MR) is 310 cm³/mol. The summed E-state index contributed by atoms with van der Waals surface area (Å²) in [5.74, 6) is -1.21. The van der Waals surface area contributed by atoms with Gasteiger partial charge in [0.15, 0.2) is 40.5 Å². The van der Waals surface area contributed by atoms with Crippen molar-refractivity contribution in [2.75, 3.05) is 119 Å². The van der Waals surface area contributed by atoms with Gasteiger partial charge in [-0.2, -0.15) is 0 Å². The molecule has 0 radical (unpaired) electrons. The van der Waals surface area contributed by atoms with Crippen molar-refractivity contribution in [3.8, 4) is 0 Å². The van der Waals surface area contributed by atoms with Gasteiger partial charge in [-0.25, -0.2) is 0 Å². The molecule has 33 heteroatoms. The van der Waals surface area contributed by atoms with E-state index in [9.17, 15) is 51.1 Å². The highest BCUT2D eigenvalue weighted by Gasteiger charge is 2.52. The molecule has 12 unspecified atom stereocenters. The molecule has 28 nitrogen and oxygen atoms in total. The van der Waals surface area contributed by atoms with Crippen LogP contribution in [0.4, 0.5) is 0 Å². The maximum absolute atomic E-state index is 11.0. The largest absolute Gasteiger partial charge is 0.394 e. The molecule has 4 rings (SSSR count). The van der Waals surface area contributed by atoms with Gasteiger partial charge in [-0.1, -0.05) is 38.3 Å². The van der Waals surface area contributed by atoms with Crippen molar-refractivity contribution in [1.29, 1.82) is 0 Å². The Morgan fingerprint density at radius 3 is 0.963 bits per heavy atom. The van der Waals surface area contributed by atoms with E-state index in [1.807, 2.05) is 13.8 Å². The summed E-state index contributed by atoms with van der Waals surface area (Å²) in [5, 5.41) is 133. The van der Waals surface area contributed by atoms with Gasteiger partial charge in [0, 0.05) is 118 Å². The van der Waals surface area contributed by atoms with Crippen molar-refractivity contribution in [1.82, 2.24) is 52.3 Å². The van der Waals surface area contributed by atoms with Crippen LogP contribution >= 0.6 is 61.1 Å². The molecule has 464 valence electrons. The molecular formula is C47H88N10O18S5. The van der Waals surface area contributed by atoms with Crippen molar-refractivity contribution < 1.29 is 89.0 Å². The number of rotatable bonds is 30. The molecule has 4 fully saturated rings. The minimum Gasteiger partial charge on any atom is -0.394 e. The van der Waals surface area contributed by atoms with Crippen LogP contribution in [0.3, 0.4) is 0 Å². The zero-order valence-corrected chi connectivity index (χ0v) is 50.1. The van der Waals surface area contributed by atoms with Crippen LogP contribution in [0.5, 0.6) is 0 Å². The monoisotopic (exact) mass is 1240 g/mol. The number of aliphatic hydroxyl groups excluding tert-OH is 10. The highest BCUT2D eigenvalue weighted by atomic mass is 32.1. The third-order valence-corrected chi connectivity index (χ3v) is 15.4. The second-order valence-electron chi connectivity index (χ2n) is 20.0. The Bertz CT molecular complexity index is 1780. The first-order chi connectivity index (χ1) is 38.0. The average Bonchev–Trinajstić information content (AvgIpc) is 3.47.